The number of hydrogen-bond acceptors (Lipinski definition) is 4. The molecule has 1 rings (SSSR count). The van der Waals surface area contributed by atoms with Crippen LogP contribution in [-0.2, 0) is 4.74 Å². The van der Waals surface area contributed by atoms with Gasteiger partial charge in [-0.1, -0.05) is 0 Å². The van der Waals surface area contributed by atoms with E-state index in [0.717, 1.165) is 5.69 Å². The third-order valence-corrected chi connectivity index (χ3v) is 1.99. The van der Waals surface area contributed by atoms with E-state index < -0.39 is 0 Å². The Bertz CT molecular complexity index is 343. The molecule has 0 saturated heterocycles. The maximum absolute atomic E-state index is 8.36. The van der Waals surface area contributed by atoms with Crippen molar-refractivity contribution in [2.45, 2.75) is 13.0 Å². The zero-order valence-corrected chi connectivity index (χ0v) is 9.56. The molecule has 1 atom stereocenters. The van der Waals surface area contributed by atoms with Gasteiger partial charge in [-0.15, -0.1) is 0 Å². The summed E-state index contributed by atoms with van der Waals surface area (Å²) in [6.07, 6.45) is 0. The fourth-order valence-electron chi connectivity index (χ4n) is 1.34. The van der Waals surface area contributed by atoms with Crippen LogP contribution < -0.4 is 10.1 Å². The Balaban J connectivity index is 2.48. The van der Waals surface area contributed by atoms with Crippen molar-refractivity contribution in [2.75, 3.05) is 25.6 Å². The van der Waals surface area contributed by atoms with Crippen molar-refractivity contribution >= 4 is 5.69 Å². The molecule has 1 unspecified atom stereocenters. The van der Waals surface area contributed by atoms with Crippen molar-refractivity contribution in [3.63, 3.8) is 0 Å². The van der Waals surface area contributed by atoms with Gasteiger partial charge in [-0.3, -0.25) is 0 Å². The smallest absolute Gasteiger partial charge is 0.174 e. The predicted molar refractivity (Wildman–Crippen MR) is 62.5 cm³/mol. The Morgan fingerprint density at radius 1 is 1.38 bits per heavy atom. The van der Waals surface area contributed by atoms with E-state index in [1.54, 1.807) is 7.11 Å². The van der Waals surface area contributed by atoms with E-state index in [9.17, 15) is 0 Å². The summed E-state index contributed by atoms with van der Waals surface area (Å²) >= 11 is 0. The fourth-order valence-corrected chi connectivity index (χ4v) is 1.34. The van der Waals surface area contributed by atoms with Gasteiger partial charge in [0.1, 0.15) is 11.8 Å². The van der Waals surface area contributed by atoms with Gasteiger partial charge in [-0.2, -0.15) is 5.26 Å². The van der Waals surface area contributed by atoms with Crippen LogP contribution in [0.15, 0.2) is 24.3 Å². The Morgan fingerprint density at radius 2 is 2.06 bits per heavy atom. The van der Waals surface area contributed by atoms with Crippen molar-refractivity contribution in [3.05, 3.63) is 24.3 Å². The Kier molecular flexibility index (Phi) is 5.17. The number of hydrogen-bond donors (Lipinski definition) is 1. The highest BCUT2D eigenvalue weighted by Crippen LogP contribution is 2.16. The van der Waals surface area contributed by atoms with Crippen LogP contribution in [0.2, 0.25) is 0 Å². The zero-order chi connectivity index (χ0) is 11.8. The molecule has 1 N–H and O–H groups in total. The normalized spacial score (nSPS) is 11.6. The first-order chi connectivity index (χ1) is 7.76. The van der Waals surface area contributed by atoms with E-state index in [1.165, 1.54) is 0 Å². The van der Waals surface area contributed by atoms with Gasteiger partial charge in [0.05, 0.1) is 6.61 Å². The van der Waals surface area contributed by atoms with E-state index in [1.807, 2.05) is 37.3 Å². The van der Waals surface area contributed by atoms with Gasteiger partial charge in [0, 0.05) is 18.8 Å². The quantitative estimate of drug-likeness (QED) is 0.797. The van der Waals surface area contributed by atoms with Crippen LogP contribution in [0.25, 0.3) is 0 Å². The van der Waals surface area contributed by atoms with Crippen molar-refractivity contribution < 1.29 is 9.47 Å². The van der Waals surface area contributed by atoms with Crippen molar-refractivity contribution in [3.8, 4) is 11.8 Å². The second-order valence-electron chi connectivity index (χ2n) is 3.47. The largest absolute Gasteiger partial charge is 0.479 e. The van der Waals surface area contributed by atoms with Gasteiger partial charge in [-0.25, -0.2) is 0 Å². The highest BCUT2D eigenvalue weighted by molar-refractivity contribution is 5.47. The summed E-state index contributed by atoms with van der Waals surface area (Å²) in [6.45, 7) is 2.78. The summed E-state index contributed by atoms with van der Waals surface area (Å²) in [4.78, 5) is 0. The molecule has 16 heavy (non-hydrogen) atoms. The summed E-state index contributed by atoms with van der Waals surface area (Å²) in [5, 5.41) is 11.6. The molecule has 0 aromatic heterocycles. The first-order valence-electron chi connectivity index (χ1n) is 5.11. The second kappa shape index (κ2) is 6.70. The van der Waals surface area contributed by atoms with E-state index >= 15 is 0 Å². The lowest BCUT2D eigenvalue weighted by Crippen LogP contribution is -2.20. The molecule has 1 aromatic rings. The molecule has 0 aliphatic heterocycles. The first kappa shape index (κ1) is 12.3. The molecule has 4 heteroatoms. The van der Waals surface area contributed by atoms with Crippen molar-refractivity contribution in [2.24, 2.45) is 0 Å². The first-order valence-corrected chi connectivity index (χ1v) is 5.11. The minimum Gasteiger partial charge on any atom is -0.479 e. The summed E-state index contributed by atoms with van der Waals surface area (Å²) in [7, 11) is 1.68. The maximum Gasteiger partial charge on any atom is 0.174 e. The van der Waals surface area contributed by atoms with Gasteiger partial charge < -0.3 is 14.8 Å². The van der Waals surface area contributed by atoms with Crippen molar-refractivity contribution in [1.82, 2.24) is 0 Å². The lowest BCUT2D eigenvalue weighted by molar-refractivity contribution is 0.190. The van der Waals surface area contributed by atoms with Crippen LogP contribution in [0.4, 0.5) is 5.69 Å². The third-order valence-electron chi connectivity index (χ3n) is 1.99. The summed E-state index contributed by atoms with van der Waals surface area (Å²) in [5.41, 5.74) is 1.01. The summed E-state index contributed by atoms with van der Waals surface area (Å²) < 4.78 is 10.2. The molecule has 0 saturated carbocycles. The predicted octanol–water partition coefficient (Wildman–Crippen LogP) is 2.04. The molecule has 0 spiro atoms. The Morgan fingerprint density at radius 3 is 2.62 bits per heavy atom. The standard InChI is InChI=1S/C12H16N2O2/c1-10(9-15-2)14-11-3-5-12(6-4-11)16-8-7-13/h3-6,10,14H,8-9H2,1-2H3. The van der Waals surface area contributed by atoms with Crippen LogP contribution in [0, 0.1) is 11.3 Å². The van der Waals surface area contributed by atoms with Crippen LogP contribution >= 0.6 is 0 Å². The Labute approximate surface area is 95.8 Å². The van der Waals surface area contributed by atoms with E-state index in [4.69, 9.17) is 14.7 Å². The number of ether oxygens (including phenoxy) is 2. The minimum atomic E-state index is 0.0762. The summed E-state index contributed by atoms with van der Waals surface area (Å²) in [5.74, 6) is 0.700. The molecule has 0 bridgehead atoms. The molecule has 0 aliphatic carbocycles. The molecular weight excluding hydrogens is 204 g/mol. The average molecular weight is 220 g/mol. The summed E-state index contributed by atoms with van der Waals surface area (Å²) in [6, 6.07) is 9.68. The molecule has 1 aromatic carbocycles. The molecule has 0 aliphatic rings. The number of nitriles is 1. The number of rotatable bonds is 6. The van der Waals surface area contributed by atoms with Crippen molar-refractivity contribution in [1.29, 1.82) is 5.26 Å². The lowest BCUT2D eigenvalue weighted by Gasteiger charge is -2.14. The average Bonchev–Trinajstić information content (AvgIpc) is 2.28. The van der Waals surface area contributed by atoms with Gasteiger partial charge in [0.25, 0.3) is 0 Å². The van der Waals surface area contributed by atoms with E-state index in [0.29, 0.717) is 12.4 Å². The number of nitrogens with zero attached hydrogens (tertiary/aromatic N) is 1. The molecule has 0 fully saturated rings. The molecule has 86 valence electrons. The fraction of sp³-hybridized carbons (Fsp3) is 0.417. The van der Waals surface area contributed by atoms with Gasteiger partial charge in [-0.05, 0) is 31.2 Å². The topological polar surface area (TPSA) is 54.3 Å². The monoisotopic (exact) mass is 220 g/mol. The molecular formula is C12H16N2O2. The zero-order valence-electron chi connectivity index (χ0n) is 9.56. The van der Waals surface area contributed by atoms with Crippen LogP contribution in [0.5, 0.6) is 5.75 Å². The minimum absolute atomic E-state index is 0.0762. The molecule has 0 radical (unpaired) electrons. The number of methoxy groups -OCH3 is 1. The SMILES string of the molecule is COCC(C)Nc1ccc(OCC#N)cc1. The molecule has 4 nitrogen and oxygen atoms in total. The molecule has 0 heterocycles. The van der Waals surface area contributed by atoms with Gasteiger partial charge in [0.15, 0.2) is 6.61 Å². The van der Waals surface area contributed by atoms with E-state index in [-0.39, 0.29) is 12.6 Å². The van der Waals surface area contributed by atoms with Gasteiger partial charge >= 0.3 is 0 Å². The number of benzene rings is 1. The lowest BCUT2D eigenvalue weighted by atomic mass is 10.2. The number of anilines is 1. The van der Waals surface area contributed by atoms with Crippen LogP contribution in [-0.4, -0.2) is 26.4 Å². The van der Waals surface area contributed by atoms with E-state index in [2.05, 4.69) is 5.32 Å². The Hall–Kier alpha value is -1.73. The third kappa shape index (κ3) is 4.20. The highest BCUT2D eigenvalue weighted by atomic mass is 16.5. The molecule has 0 amide bonds. The highest BCUT2D eigenvalue weighted by Gasteiger charge is 2.01. The van der Waals surface area contributed by atoms with Crippen LogP contribution in [0.1, 0.15) is 6.92 Å². The van der Waals surface area contributed by atoms with Gasteiger partial charge in [0.2, 0.25) is 0 Å². The van der Waals surface area contributed by atoms with Crippen LogP contribution in [0.3, 0.4) is 0 Å². The second-order valence-corrected chi connectivity index (χ2v) is 3.47. The maximum atomic E-state index is 8.36. The number of nitrogens with one attached hydrogen (secondary N) is 1.